The van der Waals surface area contributed by atoms with E-state index < -0.39 is 17.8 Å². The van der Waals surface area contributed by atoms with E-state index in [9.17, 15) is 14.4 Å². The molecule has 0 radical (unpaired) electrons. The van der Waals surface area contributed by atoms with Crippen molar-refractivity contribution in [3.63, 3.8) is 0 Å². The summed E-state index contributed by atoms with van der Waals surface area (Å²) in [7, 11) is 0. The van der Waals surface area contributed by atoms with Crippen LogP contribution in [0.5, 0.6) is 0 Å². The fraction of sp³-hybridized carbons (Fsp3) is 0. The Hall–Kier alpha value is -2.44. The summed E-state index contributed by atoms with van der Waals surface area (Å²) in [6.07, 6.45) is 1.44. The van der Waals surface area contributed by atoms with E-state index in [1.807, 2.05) is 6.07 Å². The van der Waals surface area contributed by atoms with Gasteiger partial charge in [-0.1, -0.05) is 39.7 Å². The van der Waals surface area contributed by atoms with Gasteiger partial charge in [0.2, 0.25) is 0 Å². The lowest BCUT2D eigenvalue weighted by molar-refractivity contribution is -0.122. The molecule has 4 amide bonds. The summed E-state index contributed by atoms with van der Waals surface area (Å²) in [6, 6.07) is 12.5. The van der Waals surface area contributed by atoms with Crippen molar-refractivity contribution >= 4 is 57.1 Å². The first-order chi connectivity index (χ1) is 11.5. The van der Waals surface area contributed by atoms with Gasteiger partial charge in [-0.2, -0.15) is 0 Å². The molecule has 1 fully saturated rings. The van der Waals surface area contributed by atoms with Gasteiger partial charge in [-0.15, -0.1) is 0 Å². The second kappa shape index (κ2) is 6.59. The standard InChI is InChI=1S/C17H10BrClN2O3/c18-11-3-1-2-10(8-11)9-14-15(22)20-17(24)21(16(14)23)13-6-4-12(19)5-7-13/h1-9H,(H,20,22,24)/b14-9+. The van der Waals surface area contributed by atoms with Crippen LogP contribution in [0.15, 0.2) is 58.6 Å². The molecule has 0 saturated carbocycles. The quantitative estimate of drug-likeness (QED) is 0.611. The first-order valence-electron chi connectivity index (χ1n) is 6.88. The fourth-order valence-electron chi connectivity index (χ4n) is 2.25. The Balaban J connectivity index is 2.01. The van der Waals surface area contributed by atoms with Gasteiger partial charge >= 0.3 is 6.03 Å². The minimum Gasteiger partial charge on any atom is -0.273 e. The highest BCUT2D eigenvalue weighted by Gasteiger charge is 2.36. The highest BCUT2D eigenvalue weighted by Crippen LogP contribution is 2.24. The summed E-state index contributed by atoms with van der Waals surface area (Å²) in [5.74, 6) is -1.42. The number of imide groups is 2. The molecule has 1 N–H and O–H groups in total. The Morgan fingerprint density at radius 1 is 1.04 bits per heavy atom. The molecule has 120 valence electrons. The number of nitrogens with one attached hydrogen (secondary N) is 1. The van der Waals surface area contributed by atoms with Gasteiger partial charge in [0.1, 0.15) is 5.57 Å². The van der Waals surface area contributed by atoms with E-state index in [-0.39, 0.29) is 5.57 Å². The van der Waals surface area contributed by atoms with E-state index in [1.54, 1.807) is 30.3 Å². The van der Waals surface area contributed by atoms with Gasteiger partial charge in [0, 0.05) is 9.50 Å². The first-order valence-corrected chi connectivity index (χ1v) is 8.05. The van der Waals surface area contributed by atoms with Crippen molar-refractivity contribution < 1.29 is 14.4 Å². The maximum Gasteiger partial charge on any atom is 0.335 e. The molecular formula is C17H10BrClN2O3. The van der Waals surface area contributed by atoms with Crippen LogP contribution in [0.25, 0.3) is 6.08 Å². The molecule has 1 aliphatic rings. The number of hydrogen-bond acceptors (Lipinski definition) is 3. The molecule has 5 nitrogen and oxygen atoms in total. The van der Waals surface area contributed by atoms with E-state index in [0.29, 0.717) is 16.3 Å². The van der Waals surface area contributed by atoms with Crippen LogP contribution in [-0.2, 0) is 9.59 Å². The second-order valence-electron chi connectivity index (χ2n) is 4.99. The van der Waals surface area contributed by atoms with Crippen molar-refractivity contribution in [2.24, 2.45) is 0 Å². The fourth-order valence-corrected chi connectivity index (χ4v) is 2.79. The lowest BCUT2D eigenvalue weighted by Crippen LogP contribution is -2.54. The molecule has 0 spiro atoms. The predicted molar refractivity (Wildman–Crippen MR) is 94.6 cm³/mol. The van der Waals surface area contributed by atoms with E-state index in [0.717, 1.165) is 9.37 Å². The van der Waals surface area contributed by atoms with Crippen LogP contribution in [0.3, 0.4) is 0 Å². The summed E-state index contributed by atoms with van der Waals surface area (Å²) in [5.41, 5.74) is 0.866. The third-order valence-corrected chi connectivity index (χ3v) is 4.09. The van der Waals surface area contributed by atoms with Crippen molar-refractivity contribution in [3.05, 3.63) is 69.2 Å². The van der Waals surface area contributed by atoms with Crippen LogP contribution in [0.4, 0.5) is 10.5 Å². The van der Waals surface area contributed by atoms with Crippen LogP contribution in [-0.4, -0.2) is 17.8 Å². The zero-order valence-corrected chi connectivity index (χ0v) is 14.5. The molecular weight excluding hydrogens is 396 g/mol. The molecule has 0 atom stereocenters. The van der Waals surface area contributed by atoms with Gasteiger partial charge in [-0.05, 0) is 48.0 Å². The van der Waals surface area contributed by atoms with Gasteiger partial charge in [0.25, 0.3) is 11.8 Å². The minimum atomic E-state index is -0.793. The zero-order valence-electron chi connectivity index (χ0n) is 12.1. The van der Waals surface area contributed by atoms with Crippen molar-refractivity contribution in [2.75, 3.05) is 4.90 Å². The molecule has 2 aromatic rings. The number of nitrogens with zero attached hydrogens (tertiary/aromatic N) is 1. The molecule has 0 aliphatic carbocycles. The Morgan fingerprint density at radius 2 is 1.75 bits per heavy atom. The normalized spacial score (nSPS) is 16.5. The molecule has 2 aromatic carbocycles. The molecule has 1 aliphatic heterocycles. The maximum atomic E-state index is 12.7. The van der Waals surface area contributed by atoms with Gasteiger partial charge in [0.05, 0.1) is 5.69 Å². The lowest BCUT2D eigenvalue weighted by atomic mass is 10.1. The molecule has 1 heterocycles. The van der Waals surface area contributed by atoms with E-state index in [2.05, 4.69) is 21.2 Å². The van der Waals surface area contributed by atoms with Crippen molar-refractivity contribution in [1.29, 1.82) is 0 Å². The Bertz CT molecular complexity index is 878. The van der Waals surface area contributed by atoms with Gasteiger partial charge in [0.15, 0.2) is 0 Å². The Kier molecular flexibility index (Phi) is 4.51. The van der Waals surface area contributed by atoms with Crippen LogP contribution in [0, 0.1) is 0 Å². The number of carbonyl (C=O) groups is 3. The summed E-state index contributed by atoms with van der Waals surface area (Å²) < 4.78 is 0.811. The number of carbonyl (C=O) groups excluding carboxylic acids is 3. The molecule has 7 heteroatoms. The molecule has 1 saturated heterocycles. The summed E-state index contributed by atoms with van der Waals surface area (Å²) >= 11 is 9.15. The lowest BCUT2D eigenvalue weighted by Gasteiger charge is -2.26. The third kappa shape index (κ3) is 3.25. The number of benzene rings is 2. The number of anilines is 1. The van der Waals surface area contributed by atoms with E-state index in [1.165, 1.54) is 18.2 Å². The van der Waals surface area contributed by atoms with Crippen LogP contribution >= 0.6 is 27.5 Å². The highest BCUT2D eigenvalue weighted by molar-refractivity contribution is 9.10. The van der Waals surface area contributed by atoms with Crippen LogP contribution < -0.4 is 10.2 Å². The predicted octanol–water partition coefficient (Wildman–Crippen LogP) is 3.77. The Labute approximate surface area is 151 Å². The van der Waals surface area contributed by atoms with E-state index in [4.69, 9.17) is 11.6 Å². The van der Waals surface area contributed by atoms with Crippen LogP contribution in [0.2, 0.25) is 5.02 Å². The molecule has 0 unspecified atom stereocenters. The SMILES string of the molecule is O=C1NC(=O)N(c2ccc(Cl)cc2)C(=O)/C1=C/c1cccc(Br)c1. The number of hydrogen-bond donors (Lipinski definition) is 1. The average Bonchev–Trinajstić information content (AvgIpc) is 2.53. The molecule has 24 heavy (non-hydrogen) atoms. The van der Waals surface area contributed by atoms with Crippen molar-refractivity contribution in [3.8, 4) is 0 Å². The van der Waals surface area contributed by atoms with Gasteiger partial charge in [-0.3, -0.25) is 14.9 Å². The van der Waals surface area contributed by atoms with Crippen molar-refractivity contribution in [2.45, 2.75) is 0 Å². The third-order valence-electron chi connectivity index (χ3n) is 3.35. The maximum absolute atomic E-state index is 12.7. The van der Waals surface area contributed by atoms with Crippen molar-refractivity contribution in [1.82, 2.24) is 5.32 Å². The monoisotopic (exact) mass is 404 g/mol. The van der Waals surface area contributed by atoms with Gasteiger partial charge < -0.3 is 0 Å². The van der Waals surface area contributed by atoms with E-state index >= 15 is 0 Å². The average molecular weight is 406 g/mol. The smallest absolute Gasteiger partial charge is 0.273 e. The zero-order chi connectivity index (χ0) is 17.3. The number of halogens is 2. The number of rotatable bonds is 2. The molecule has 0 aromatic heterocycles. The highest BCUT2D eigenvalue weighted by atomic mass is 79.9. The minimum absolute atomic E-state index is 0.123. The second-order valence-corrected chi connectivity index (χ2v) is 6.34. The largest absolute Gasteiger partial charge is 0.335 e. The number of barbiturate groups is 1. The van der Waals surface area contributed by atoms with Crippen LogP contribution in [0.1, 0.15) is 5.56 Å². The summed E-state index contributed by atoms with van der Waals surface area (Å²) in [5, 5.41) is 2.65. The molecule has 0 bridgehead atoms. The first kappa shape index (κ1) is 16.4. The number of urea groups is 1. The van der Waals surface area contributed by atoms with Gasteiger partial charge in [-0.25, -0.2) is 9.69 Å². The molecule has 3 rings (SSSR count). The summed E-state index contributed by atoms with van der Waals surface area (Å²) in [4.78, 5) is 37.7. The number of amides is 4. The summed E-state index contributed by atoms with van der Waals surface area (Å²) in [6.45, 7) is 0. The Morgan fingerprint density at radius 3 is 2.42 bits per heavy atom. The topological polar surface area (TPSA) is 66.5 Å².